The van der Waals surface area contributed by atoms with Crippen LogP contribution in [0.3, 0.4) is 0 Å². The predicted molar refractivity (Wildman–Crippen MR) is 101 cm³/mol. The Kier molecular flexibility index (Phi) is 5.01. The van der Waals surface area contributed by atoms with E-state index in [1.165, 1.54) is 11.1 Å². The van der Waals surface area contributed by atoms with Crippen LogP contribution in [0.1, 0.15) is 12.0 Å². The Hall–Kier alpha value is 1.84. The summed E-state index contributed by atoms with van der Waals surface area (Å²) in [5.41, 5.74) is 2.48. The van der Waals surface area contributed by atoms with Gasteiger partial charge in [0.25, 0.3) is 0 Å². The molecule has 0 fully saturated rings. The molecular weight excluding hydrogens is 624 g/mol. The summed E-state index contributed by atoms with van der Waals surface area (Å²) >= 11 is 22.4. The van der Waals surface area contributed by atoms with E-state index in [0.717, 1.165) is 6.42 Å². The van der Waals surface area contributed by atoms with Crippen LogP contribution >= 0.6 is 95.6 Å². The Morgan fingerprint density at radius 3 is 1.89 bits per heavy atom. The van der Waals surface area contributed by atoms with Gasteiger partial charge in [0.1, 0.15) is 9.70 Å². The highest BCUT2D eigenvalue weighted by Gasteiger charge is 2.59. The summed E-state index contributed by atoms with van der Waals surface area (Å²) in [5, 5.41) is 0. The number of alkyl halides is 6. The minimum atomic E-state index is -0.413. The highest BCUT2D eigenvalue weighted by molar-refractivity contribution is 9.33. The summed E-state index contributed by atoms with van der Waals surface area (Å²) in [4.78, 5) is 0. The lowest BCUT2D eigenvalue weighted by Gasteiger charge is -2.46. The fraction of sp³-hybridized carbons (Fsp3) is 0.333. The third kappa shape index (κ3) is 2.89. The molecule has 0 amide bonds. The Morgan fingerprint density at radius 2 is 1.39 bits per heavy atom. The van der Waals surface area contributed by atoms with Crippen LogP contribution in [0.5, 0.6) is 0 Å². The third-order valence-electron chi connectivity index (χ3n) is 2.79. The van der Waals surface area contributed by atoms with Gasteiger partial charge in [-0.25, -0.2) is 0 Å². The molecule has 0 spiro atoms. The smallest absolute Gasteiger partial charge is 0.0697 e. The fourth-order valence-corrected chi connectivity index (χ4v) is 5.82. The Morgan fingerprint density at radius 1 is 0.833 bits per heavy atom. The molecule has 0 unspecified atom stereocenters. The van der Waals surface area contributed by atoms with Gasteiger partial charge < -0.3 is 0 Å². The molecule has 2 rings (SSSR count). The number of allylic oxidation sites excluding steroid dienone is 2. The van der Waals surface area contributed by atoms with Crippen LogP contribution in [0.25, 0.3) is 5.57 Å². The van der Waals surface area contributed by atoms with E-state index in [0.29, 0.717) is 0 Å². The van der Waals surface area contributed by atoms with E-state index in [4.69, 9.17) is 0 Å². The first-order chi connectivity index (χ1) is 8.17. The Balaban J connectivity index is 2.51. The molecule has 0 radical (unpaired) electrons. The SMILES string of the molecule is BrC1(Br)C=C(c2ccccc2)CC(Br)(Br)C1(Br)Br. The molecule has 0 heterocycles. The van der Waals surface area contributed by atoms with Crippen molar-refractivity contribution in [2.24, 2.45) is 0 Å². The van der Waals surface area contributed by atoms with Crippen molar-refractivity contribution >= 4 is 101 Å². The fourth-order valence-electron chi connectivity index (χ4n) is 1.79. The molecule has 98 valence electrons. The summed E-state index contributed by atoms with van der Waals surface area (Å²) < 4.78 is -1.14. The number of hydrogen-bond acceptors (Lipinski definition) is 0. The molecule has 1 aliphatic rings. The highest BCUT2D eigenvalue weighted by Crippen LogP contribution is 2.65. The van der Waals surface area contributed by atoms with E-state index in [1.54, 1.807) is 0 Å². The van der Waals surface area contributed by atoms with Crippen molar-refractivity contribution in [1.82, 2.24) is 0 Å². The summed E-state index contributed by atoms with van der Waals surface area (Å²) in [6, 6.07) is 10.4. The monoisotopic (exact) mass is 626 g/mol. The quantitative estimate of drug-likeness (QED) is 0.295. The average molecular weight is 632 g/mol. The summed E-state index contributed by atoms with van der Waals surface area (Å²) in [7, 11) is 0. The minimum Gasteiger partial charge on any atom is -0.0697 e. The van der Waals surface area contributed by atoms with E-state index in [1.807, 2.05) is 6.07 Å². The Bertz CT molecular complexity index is 475. The van der Waals surface area contributed by atoms with Crippen molar-refractivity contribution in [2.45, 2.75) is 16.1 Å². The van der Waals surface area contributed by atoms with Crippen molar-refractivity contribution in [3.05, 3.63) is 42.0 Å². The van der Waals surface area contributed by atoms with E-state index in [2.05, 4.69) is 126 Å². The van der Waals surface area contributed by atoms with Crippen LogP contribution in [0.2, 0.25) is 0 Å². The van der Waals surface area contributed by atoms with Gasteiger partial charge in [0.05, 0.1) is 0 Å². The lowest BCUT2D eigenvalue weighted by atomic mass is 9.93. The van der Waals surface area contributed by atoms with Crippen molar-refractivity contribution in [3.63, 3.8) is 0 Å². The van der Waals surface area contributed by atoms with Crippen molar-refractivity contribution in [2.75, 3.05) is 0 Å². The second-order valence-corrected chi connectivity index (χ2v) is 14.9. The zero-order valence-corrected chi connectivity index (χ0v) is 18.5. The first kappa shape index (κ1) is 16.2. The molecule has 1 aromatic rings. The van der Waals surface area contributed by atoms with Crippen LogP contribution < -0.4 is 0 Å². The first-order valence-electron chi connectivity index (χ1n) is 5.08. The van der Waals surface area contributed by atoms with E-state index in [-0.39, 0.29) is 3.23 Å². The van der Waals surface area contributed by atoms with Gasteiger partial charge in [0.15, 0.2) is 0 Å². The molecule has 18 heavy (non-hydrogen) atoms. The van der Waals surface area contributed by atoms with Crippen LogP contribution in [0, 0.1) is 0 Å². The van der Waals surface area contributed by atoms with Crippen LogP contribution in [0.4, 0.5) is 0 Å². The van der Waals surface area contributed by atoms with Gasteiger partial charge in [-0.05, 0) is 11.1 Å². The van der Waals surface area contributed by atoms with Crippen LogP contribution in [-0.2, 0) is 0 Å². The maximum atomic E-state index is 3.75. The molecule has 1 aliphatic carbocycles. The minimum absolute atomic E-state index is 0.320. The van der Waals surface area contributed by atoms with Gasteiger partial charge in [0, 0.05) is 6.42 Å². The molecule has 0 saturated carbocycles. The molecule has 0 N–H and O–H groups in total. The normalized spacial score (nSPS) is 24.4. The molecule has 1 aromatic carbocycles. The Labute approximate surface area is 157 Å². The van der Waals surface area contributed by atoms with Gasteiger partial charge in [-0.2, -0.15) is 0 Å². The molecule has 0 aromatic heterocycles. The summed E-state index contributed by atoms with van der Waals surface area (Å²) in [6.07, 6.45) is 3.01. The number of benzene rings is 1. The van der Waals surface area contributed by atoms with Gasteiger partial charge in [-0.1, -0.05) is 132 Å². The van der Waals surface area contributed by atoms with Crippen molar-refractivity contribution < 1.29 is 0 Å². The van der Waals surface area contributed by atoms with Crippen molar-refractivity contribution in [1.29, 1.82) is 0 Å². The van der Waals surface area contributed by atoms with E-state index < -0.39 is 6.47 Å². The zero-order valence-electron chi connectivity index (χ0n) is 8.94. The maximum absolute atomic E-state index is 3.75. The second-order valence-electron chi connectivity index (χ2n) is 4.11. The summed E-state index contributed by atoms with van der Waals surface area (Å²) in [5.74, 6) is 0. The zero-order chi connectivity index (χ0) is 13.6. The van der Waals surface area contributed by atoms with Crippen LogP contribution in [-0.4, -0.2) is 9.70 Å². The van der Waals surface area contributed by atoms with E-state index >= 15 is 0 Å². The summed E-state index contributed by atoms with van der Waals surface area (Å²) in [6.45, 7) is 0. The first-order valence-corrected chi connectivity index (χ1v) is 9.84. The van der Waals surface area contributed by atoms with Gasteiger partial charge in [0.2, 0.25) is 0 Å². The molecule has 0 nitrogen and oxygen atoms in total. The number of hydrogen-bond donors (Lipinski definition) is 0. The number of rotatable bonds is 1. The third-order valence-corrected chi connectivity index (χ3v) is 13.0. The lowest BCUT2D eigenvalue weighted by Crippen LogP contribution is -2.49. The molecule has 0 aliphatic heterocycles. The van der Waals surface area contributed by atoms with Gasteiger partial charge >= 0.3 is 0 Å². The van der Waals surface area contributed by atoms with Crippen molar-refractivity contribution in [3.8, 4) is 0 Å². The lowest BCUT2D eigenvalue weighted by molar-refractivity contribution is 0.730. The molecule has 0 bridgehead atoms. The molecule has 0 saturated heterocycles. The highest BCUT2D eigenvalue weighted by atomic mass is 79.9. The predicted octanol–water partition coefficient (Wildman–Crippen LogP) is 6.93. The standard InChI is InChI=1S/C12H8Br6/c13-10(14)6-9(8-4-2-1-3-5-8)7-11(15,16)12(10,17)18/h1-6H,7H2. The van der Waals surface area contributed by atoms with Crippen LogP contribution in [0.15, 0.2) is 36.4 Å². The largest absolute Gasteiger partial charge is 0.134 e. The van der Waals surface area contributed by atoms with E-state index in [9.17, 15) is 0 Å². The maximum Gasteiger partial charge on any atom is 0.134 e. The van der Waals surface area contributed by atoms with Gasteiger partial charge in [-0.15, -0.1) is 0 Å². The number of halogens is 6. The second kappa shape index (κ2) is 5.56. The topological polar surface area (TPSA) is 0 Å². The average Bonchev–Trinajstić information content (AvgIpc) is 2.27. The van der Waals surface area contributed by atoms with Gasteiger partial charge in [-0.3, -0.25) is 0 Å². The molecular formula is C12H8Br6. The molecule has 0 atom stereocenters. The molecule has 6 heteroatoms.